The van der Waals surface area contributed by atoms with Crippen LogP contribution in [-0.4, -0.2) is 17.9 Å². The number of aryl methyl sites for hydroxylation is 3. The lowest BCUT2D eigenvalue weighted by Crippen LogP contribution is -2.33. The summed E-state index contributed by atoms with van der Waals surface area (Å²) < 4.78 is 6.07. The van der Waals surface area contributed by atoms with Crippen LogP contribution in [0.4, 0.5) is 5.00 Å². The van der Waals surface area contributed by atoms with Crippen molar-refractivity contribution in [3.8, 4) is 5.75 Å². The monoisotopic (exact) mass is 504 g/mol. The van der Waals surface area contributed by atoms with E-state index in [4.69, 9.17) is 4.74 Å². The summed E-state index contributed by atoms with van der Waals surface area (Å²) in [6.45, 7) is 6.47. The molecule has 0 fully saturated rings. The zero-order valence-corrected chi connectivity index (χ0v) is 22.3. The Morgan fingerprint density at radius 3 is 2.44 bits per heavy atom. The van der Waals surface area contributed by atoms with E-state index in [0.717, 1.165) is 42.4 Å². The third kappa shape index (κ3) is 6.35. The largest absolute Gasteiger partial charge is 0.481 e. The summed E-state index contributed by atoms with van der Waals surface area (Å²) in [5.74, 6) is 0.330. The number of ether oxygens (including phenoxy) is 1. The van der Waals surface area contributed by atoms with Gasteiger partial charge in [0.25, 0.3) is 11.8 Å². The molecule has 1 atom stereocenters. The number of nitrogens with one attached hydrogen (secondary N) is 2. The number of carbonyl (C=O) groups is 2. The number of rotatable bonds is 8. The van der Waals surface area contributed by atoms with Crippen molar-refractivity contribution in [2.24, 2.45) is 0 Å². The molecule has 0 radical (unpaired) electrons. The fourth-order valence-corrected chi connectivity index (χ4v) is 5.87. The van der Waals surface area contributed by atoms with Gasteiger partial charge in [0.05, 0.1) is 5.56 Å². The predicted molar refractivity (Wildman–Crippen MR) is 147 cm³/mol. The van der Waals surface area contributed by atoms with Crippen molar-refractivity contribution >= 4 is 28.2 Å². The number of amides is 2. The summed E-state index contributed by atoms with van der Waals surface area (Å²) in [5.41, 5.74) is 5.08. The molecule has 0 saturated carbocycles. The lowest BCUT2D eigenvalue weighted by atomic mass is 9.96. The van der Waals surface area contributed by atoms with Gasteiger partial charge in [-0.05, 0) is 80.3 Å². The summed E-state index contributed by atoms with van der Waals surface area (Å²) in [4.78, 5) is 28.0. The molecule has 2 N–H and O–H groups in total. The van der Waals surface area contributed by atoms with Crippen LogP contribution < -0.4 is 15.4 Å². The highest BCUT2D eigenvalue weighted by molar-refractivity contribution is 7.17. The average molecular weight is 505 g/mol. The maximum atomic E-state index is 13.5. The van der Waals surface area contributed by atoms with Gasteiger partial charge in [-0.2, -0.15) is 0 Å². The Labute approximate surface area is 218 Å². The summed E-state index contributed by atoms with van der Waals surface area (Å²) >= 11 is 1.55. The van der Waals surface area contributed by atoms with E-state index in [1.807, 2.05) is 62.4 Å². The van der Waals surface area contributed by atoms with Crippen molar-refractivity contribution in [3.05, 3.63) is 81.2 Å². The molecular weight excluding hydrogens is 468 g/mol. The number of benzene rings is 2. The average Bonchev–Trinajstić information content (AvgIpc) is 3.19. The third-order valence-corrected chi connectivity index (χ3v) is 8.06. The molecule has 2 aromatic carbocycles. The van der Waals surface area contributed by atoms with Gasteiger partial charge in [-0.15, -0.1) is 11.3 Å². The summed E-state index contributed by atoms with van der Waals surface area (Å²) in [6.07, 6.45) is 6.25. The van der Waals surface area contributed by atoms with Gasteiger partial charge in [0.15, 0.2) is 6.10 Å². The van der Waals surface area contributed by atoms with Gasteiger partial charge in [0, 0.05) is 11.4 Å². The maximum Gasteiger partial charge on any atom is 0.266 e. The van der Waals surface area contributed by atoms with E-state index in [-0.39, 0.29) is 11.8 Å². The van der Waals surface area contributed by atoms with E-state index in [9.17, 15) is 9.59 Å². The standard InChI is InChI=1S/C30H36N2O3S/c1-4-25(35-23-17-16-20(2)21(3)18-23)28(33)32-30-27(24-14-10-5-6-11-15-26(24)36-30)29(34)31-19-22-12-8-7-9-13-22/h7-9,12-13,16-18,25H,4-6,10-11,14-15,19H2,1-3H3,(H,31,34)(H,32,33)/t25-/m0/s1. The Balaban J connectivity index is 1.56. The Morgan fingerprint density at radius 2 is 1.72 bits per heavy atom. The molecular formula is C30H36N2O3S. The second-order valence-corrected chi connectivity index (χ2v) is 10.6. The highest BCUT2D eigenvalue weighted by Gasteiger charge is 2.27. The molecule has 1 aromatic heterocycles. The molecule has 0 aliphatic heterocycles. The van der Waals surface area contributed by atoms with Crippen LogP contribution in [0.1, 0.15) is 76.5 Å². The first-order chi connectivity index (χ1) is 17.5. The van der Waals surface area contributed by atoms with Crippen LogP contribution in [0.2, 0.25) is 0 Å². The zero-order valence-electron chi connectivity index (χ0n) is 21.5. The number of hydrogen-bond donors (Lipinski definition) is 2. The van der Waals surface area contributed by atoms with Crippen LogP contribution in [0.15, 0.2) is 48.5 Å². The van der Waals surface area contributed by atoms with Gasteiger partial charge in [-0.3, -0.25) is 9.59 Å². The van der Waals surface area contributed by atoms with Gasteiger partial charge < -0.3 is 15.4 Å². The molecule has 1 aliphatic carbocycles. The van der Waals surface area contributed by atoms with Gasteiger partial charge >= 0.3 is 0 Å². The molecule has 36 heavy (non-hydrogen) atoms. The SMILES string of the molecule is CC[C@H](Oc1ccc(C)c(C)c1)C(=O)Nc1sc2c(c1C(=O)NCc1ccccc1)CCCCCC2. The summed E-state index contributed by atoms with van der Waals surface area (Å²) in [5, 5.41) is 6.80. The van der Waals surface area contributed by atoms with E-state index >= 15 is 0 Å². The summed E-state index contributed by atoms with van der Waals surface area (Å²) in [7, 11) is 0. The second-order valence-electron chi connectivity index (χ2n) is 9.54. The summed E-state index contributed by atoms with van der Waals surface area (Å²) in [6, 6.07) is 15.8. The highest BCUT2D eigenvalue weighted by atomic mass is 32.1. The first-order valence-corrected chi connectivity index (χ1v) is 13.8. The molecule has 5 nitrogen and oxygen atoms in total. The zero-order chi connectivity index (χ0) is 25.5. The number of anilines is 1. The first kappa shape index (κ1) is 26.0. The molecule has 0 bridgehead atoms. The lowest BCUT2D eigenvalue weighted by molar-refractivity contribution is -0.122. The number of hydrogen-bond acceptors (Lipinski definition) is 4. The van der Waals surface area contributed by atoms with E-state index in [0.29, 0.717) is 29.3 Å². The molecule has 1 aliphatic rings. The molecule has 2 amide bonds. The quantitative estimate of drug-likeness (QED) is 0.357. The van der Waals surface area contributed by atoms with Gasteiger partial charge in [0.2, 0.25) is 0 Å². The Kier molecular flexibility index (Phi) is 8.81. The van der Waals surface area contributed by atoms with Gasteiger partial charge in [0.1, 0.15) is 10.8 Å². The Hall–Kier alpha value is -3.12. The van der Waals surface area contributed by atoms with Crippen molar-refractivity contribution in [1.82, 2.24) is 5.32 Å². The van der Waals surface area contributed by atoms with E-state index in [2.05, 4.69) is 17.6 Å². The van der Waals surface area contributed by atoms with Gasteiger partial charge in [-0.25, -0.2) is 0 Å². The van der Waals surface area contributed by atoms with E-state index < -0.39 is 6.10 Å². The molecule has 190 valence electrons. The number of carbonyl (C=O) groups excluding carboxylic acids is 2. The van der Waals surface area contributed by atoms with E-state index in [1.54, 1.807) is 11.3 Å². The smallest absolute Gasteiger partial charge is 0.266 e. The van der Waals surface area contributed by atoms with Crippen LogP contribution in [0, 0.1) is 13.8 Å². The van der Waals surface area contributed by atoms with Crippen LogP contribution in [-0.2, 0) is 24.2 Å². The fourth-order valence-electron chi connectivity index (χ4n) is 4.58. The van der Waals surface area contributed by atoms with Gasteiger partial charge in [-0.1, -0.05) is 56.2 Å². The Morgan fingerprint density at radius 1 is 0.972 bits per heavy atom. The molecule has 0 spiro atoms. The van der Waals surface area contributed by atoms with Crippen LogP contribution in [0.3, 0.4) is 0 Å². The minimum absolute atomic E-state index is 0.129. The predicted octanol–water partition coefficient (Wildman–Crippen LogP) is 6.75. The molecule has 0 saturated heterocycles. The van der Waals surface area contributed by atoms with Crippen molar-refractivity contribution in [1.29, 1.82) is 0 Å². The first-order valence-electron chi connectivity index (χ1n) is 13.0. The topological polar surface area (TPSA) is 67.4 Å². The molecule has 1 heterocycles. The number of thiophene rings is 1. The van der Waals surface area contributed by atoms with Crippen molar-refractivity contribution in [3.63, 3.8) is 0 Å². The van der Waals surface area contributed by atoms with E-state index in [1.165, 1.54) is 23.3 Å². The third-order valence-electron chi connectivity index (χ3n) is 6.85. The van der Waals surface area contributed by atoms with Crippen LogP contribution >= 0.6 is 11.3 Å². The molecule has 0 unspecified atom stereocenters. The van der Waals surface area contributed by atoms with Crippen molar-refractivity contribution < 1.29 is 14.3 Å². The normalized spacial score (nSPS) is 14.2. The minimum Gasteiger partial charge on any atom is -0.481 e. The Bertz CT molecular complexity index is 1200. The number of fused-ring (bicyclic) bond motifs is 1. The highest BCUT2D eigenvalue weighted by Crippen LogP contribution is 2.37. The maximum absolute atomic E-state index is 13.5. The molecule has 4 rings (SSSR count). The van der Waals surface area contributed by atoms with Crippen LogP contribution in [0.25, 0.3) is 0 Å². The second kappa shape index (κ2) is 12.2. The van der Waals surface area contributed by atoms with Crippen molar-refractivity contribution in [2.45, 2.75) is 78.4 Å². The minimum atomic E-state index is -0.642. The fraction of sp³-hybridized carbons (Fsp3) is 0.400. The lowest BCUT2D eigenvalue weighted by Gasteiger charge is -2.18. The molecule has 3 aromatic rings. The molecule has 6 heteroatoms. The van der Waals surface area contributed by atoms with Crippen molar-refractivity contribution in [2.75, 3.05) is 5.32 Å². The van der Waals surface area contributed by atoms with Crippen LogP contribution in [0.5, 0.6) is 5.75 Å².